The third kappa shape index (κ3) is 4.46. The first-order valence-corrected chi connectivity index (χ1v) is 7.41. The predicted octanol–water partition coefficient (Wildman–Crippen LogP) is -0.223. The molecule has 2 aromatic rings. The molecule has 23 heavy (non-hydrogen) atoms. The average molecular weight is 321 g/mol. The molecule has 0 saturated heterocycles. The molecule has 0 amide bonds. The zero-order valence-electron chi connectivity index (χ0n) is 12.8. The van der Waals surface area contributed by atoms with E-state index in [1.165, 1.54) is 0 Å². The summed E-state index contributed by atoms with van der Waals surface area (Å²) in [6, 6.07) is 9.06. The van der Waals surface area contributed by atoms with Crippen LogP contribution in [0.15, 0.2) is 36.5 Å². The van der Waals surface area contributed by atoms with Crippen molar-refractivity contribution in [3.63, 3.8) is 0 Å². The largest absolute Gasteiger partial charge is 0.399 e. The number of nitrogens with one attached hydrogen (secondary N) is 1. The maximum atomic E-state index is 9.78. The summed E-state index contributed by atoms with van der Waals surface area (Å²) < 4.78 is 0. The number of hydrogen-bond donors (Lipinski definition) is 6. The standard InChI is InChI=1S/C16H23N3O4/c17-11-3-4-16(14(6-11)15-2-1-5-18-15)19(7-12(22)9-20)8-13(23)10-21/h1-6,12-13,18,20-23H,7-10,17H2. The van der Waals surface area contributed by atoms with Gasteiger partial charge in [0.05, 0.1) is 25.4 Å². The SMILES string of the molecule is Nc1ccc(N(CC(O)CO)CC(O)CO)c(-c2ccc[nH]2)c1. The van der Waals surface area contributed by atoms with Crippen molar-refractivity contribution >= 4 is 11.4 Å². The van der Waals surface area contributed by atoms with E-state index in [-0.39, 0.29) is 13.1 Å². The Morgan fingerprint density at radius 3 is 2.22 bits per heavy atom. The van der Waals surface area contributed by atoms with E-state index in [0.717, 1.165) is 16.9 Å². The van der Waals surface area contributed by atoms with Crippen LogP contribution in [0.3, 0.4) is 0 Å². The molecule has 2 atom stereocenters. The highest BCUT2D eigenvalue weighted by atomic mass is 16.3. The summed E-state index contributed by atoms with van der Waals surface area (Å²) in [5, 5.41) is 37.8. The van der Waals surface area contributed by atoms with Gasteiger partial charge in [-0.05, 0) is 30.3 Å². The molecule has 0 bridgehead atoms. The lowest BCUT2D eigenvalue weighted by Gasteiger charge is -2.30. The van der Waals surface area contributed by atoms with Crippen LogP contribution in [0.1, 0.15) is 0 Å². The zero-order chi connectivity index (χ0) is 16.8. The highest BCUT2D eigenvalue weighted by Crippen LogP contribution is 2.32. The highest BCUT2D eigenvalue weighted by Gasteiger charge is 2.19. The van der Waals surface area contributed by atoms with Crippen molar-refractivity contribution < 1.29 is 20.4 Å². The smallest absolute Gasteiger partial charge is 0.0945 e. The molecule has 2 rings (SSSR count). The van der Waals surface area contributed by atoms with Gasteiger partial charge in [-0.1, -0.05) is 0 Å². The summed E-state index contributed by atoms with van der Waals surface area (Å²) in [4.78, 5) is 4.82. The molecule has 1 aromatic carbocycles. The fourth-order valence-corrected chi connectivity index (χ4v) is 2.44. The topological polar surface area (TPSA) is 126 Å². The first kappa shape index (κ1) is 17.3. The van der Waals surface area contributed by atoms with Gasteiger partial charge in [-0.2, -0.15) is 0 Å². The van der Waals surface area contributed by atoms with Gasteiger partial charge in [0.1, 0.15) is 0 Å². The molecule has 1 heterocycles. The molecule has 0 spiro atoms. The van der Waals surface area contributed by atoms with E-state index in [9.17, 15) is 10.2 Å². The normalized spacial score (nSPS) is 13.7. The lowest BCUT2D eigenvalue weighted by Crippen LogP contribution is -2.40. The molecule has 7 nitrogen and oxygen atoms in total. The first-order valence-electron chi connectivity index (χ1n) is 7.41. The summed E-state index contributed by atoms with van der Waals surface area (Å²) in [5.41, 5.74) is 8.85. The van der Waals surface area contributed by atoms with Gasteiger partial charge in [0.2, 0.25) is 0 Å². The van der Waals surface area contributed by atoms with Gasteiger partial charge in [-0.3, -0.25) is 0 Å². The number of aliphatic hydroxyl groups excluding tert-OH is 4. The molecule has 2 unspecified atom stereocenters. The van der Waals surface area contributed by atoms with Crippen molar-refractivity contribution in [2.45, 2.75) is 12.2 Å². The van der Waals surface area contributed by atoms with Crippen LogP contribution >= 0.6 is 0 Å². The second kappa shape index (κ2) is 7.98. The van der Waals surface area contributed by atoms with Gasteiger partial charge < -0.3 is 36.0 Å². The monoisotopic (exact) mass is 321 g/mol. The molecule has 7 heteroatoms. The van der Waals surface area contributed by atoms with Crippen molar-refractivity contribution in [3.8, 4) is 11.3 Å². The Labute approximate surface area is 134 Å². The Kier molecular flexibility index (Phi) is 6.00. The number of nitrogens with zero attached hydrogens (tertiary/aromatic N) is 1. The number of aliphatic hydroxyl groups is 4. The molecule has 0 aliphatic carbocycles. The van der Waals surface area contributed by atoms with E-state index < -0.39 is 25.4 Å². The fraction of sp³-hybridized carbons (Fsp3) is 0.375. The second-order valence-electron chi connectivity index (χ2n) is 5.44. The number of H-pyrrole nitrogens is 1. The maximum absolute atomic E-state index is 9.78. The third-order valence-electron chi connectivity index (χ3n) is 3.53. The lowest BCUT2D eigenvalue weighted by molar-refractivity contribution is 0.0839. The van der Waals surface area contributed by atoms with Crippen LogP contribution in [0.2, 0.25) is 0 Å². The number of nitrogen functional groups attached to an aromatic ring is 1. The average Bonchev–Trinajstić information content (AvgIpc) is 3.08. The minimum atomic E-state index is -0.963. The summed E-state index contributed by atoms with van der Waals surface area (Å²) in [7, 11) is 0. The van der Waals surface area contributed by atoms with Crippen molar-refractivity contribution in [1.82, 2.24) is 4.98 Å². The van der Waals surface area contributed by atoms with E-state index in [2.05, 4.69) is 4.98 Å². The summed E-state index contributed by atoms with van der Waals surface area (Å²) in [5.74, 6) is 0. The Bertz CT molecular complexity index is 591. The summed E-state index contributed by atoms with van der Waals surface area (Å²) in [6.45, 7) is -0.548. The number of aromatic amines is 1. The Morgan fingerprint density at radius 1 is 1.04 bits per heavy atom. The van der Waals surface area contributed by atoms with E-state index in [1.807, 2.05) is 12.1 Å². The number of hydrogen-bond acceptors (Lipinski definition) is 6. The van der Waals surface area contributed by atoms with Crippen LogP contribution in [-0.2, 0) is 0 Å². The fourth-order valence-electron chi connectivity index (χ4n) is 2.44. The molecular formula is C16H23N3O4. The number of benzene rings is 1. The third-order valence-corrected chi connectivity index (χ3v) is 3.53. The number of nitrogens with two attached hydrogens (primary N) is 1. The molecule has 1 aromatic heterocycles. The Hall–Kier alpha value is -2.06. The molecule has 126 valence electrons. The Balaban J connectivity index is 2.40. The number of rotatable bonds is 8. The van der Waals surface area contributed by atoms with Gasteiger partial charge in [-0.15, -0.1) is 0 Å². The Morgan fingerprint density at radius 2 is 1.70 bits per heavy atom. The second-order valence-corrected chi connectivity index (χ2v) is 5.44. The number of anilines is 2. The van der Waals surface area contributed by atoms with Gasteiger partial charge in [-0.25, -0.2) is 0 Å². The molecule has 0 saturated carbocycles. The molecule has 0 aliphatic heterocycles. The molecule has 7 N–H and O–H groups in total. The number of aromatic nitrogens is 1. The van der Waals surface area contributed by atoms with Gasteiger partial charge in [0, 0.05) is 41.9 Å². The highest BCUT2D eigenvalue weighted by molar-refractivity contribution is 5.79. The minimum absolute atomic E-state index is 0.116. The first-order chi connectivity index (χ1) is 11.0. The van der Waals surface area contributed by atoms with Gasteiger partial charge >= 0.3 is 0 Å². The van der Waals surface area contributed by atoms with E-state index >= 15 is 0 Å². The lowest BCUT2D eigenvalue weighted by atomic mass is 10.1. The maximum Gasteiger partial charge on any atom is 0.0945 e. The minimum Gasteiger partial charge on any atom is -0.399 e. The van der Waals surface area contributed by atoms with Crippen molar-refractivity contribution in [2.24, 2.45) is 0 Å². The van der Waals surface area contributed by atoms with Gasteiger partial charge in [0.25, 0.3) is 0 Å². The van der Waals surface area contributed by atoms with Crippen LogP contribution in [-0.4, -0.2) is 63.9 Å². The van der Waals surface area contributed by atoms with E-state index in [4.69, 9.17) is 15.9 Å². The summed E-state index contributed by atoms with van der Waals surface area (Å²) in [6.07, 6.45) is -0.137. The van der Waals surface area contributed by atoms with Crippen LogP contribution in [0.5, 0.6) is 0 Å². The van der Waals surface area contributed by atoms with E-state index in [0.29, 0.717) is 5.69 Å². The molecule has 0 fully saturated rings. The molecule has 0 aliphatic rings. The quantitative estimate of drug-likeness (QED) is 0.373. The van der Waals surface area contributed by atoms with Crippen LogP contribution in [0.4, 0.5) is 11.4 Å². The van der Waals surface area contributed by atoms with Crippen LogP contribution < -0.4 is 10.6 Å². The van der Waals surface area contributed by atoms with Gasteiger partial charge in [0.15, 0.2) is 0 Å². The predicted molar refractivity (Wildman–Crippen MR) is 89.0 cm³/mol. The zero-order valence-corrected chi connectivity index (χ0v) is 12.8. The van der Waals surface area contributed by atoms with Crippen molar-refractivity contribution in [3.05, 3.63) is 36.5 Å². The molecular weight excluding hydrogens is 298 g/mol. The van der Waals surface area contributed by atoms with Crippen molar-refractivity contribution in [1.29, 1.82) is 0 Å². The summed E-state index contributed by atoms with van der Waals surface area (Å²) >= 11 is 0. The van der Waals surface area contributed by atoms with Crippen molar-refractivity contribution in [2.75, 3.05) is 36.9 Å². The van der Waals surface area contributed by atoms with E-state index in [1.54, 1.807) is 29.3 Å². The van der Waals surface area contributed by atoms with Crippen LogP contribution in [0.25, 0.3) is 11.3 Å². The molecule has 0 radical (unpaired) electrons. The van der Waals surface area contributed by atoms with Crippen LogP contribution in [0, 0.1) is 0 Å².